The van der Waals surface area contributed by atoms with Gasteiger partial charge in [0.25, 0.3) is 0 Å². The predicted octanol–water partition coefficient (Wildman–Crippen LogP) is 0.475. The SMILES string of the molecule is CC1(CCS(=O)(=O)[N-]C(=O)Nc2c3c(cc4c2CCC4)CCC3)N=N1.[K+]. The minimum Gasteiger partial charge on any atom is -0.423 e. The second-order valence-corrected chi connectivity index (χ2v) is 8.96. The molecule has 7 nitrogen and oxygen atoms in total. The van der Waals surface area contributed by atoms with Gasteiger partial charge in [-0.1, -0.05) is 6.07 Å². The Morgan fingerprint density at radius 2 is 1.73 bits per heavy atom. The third kappa shape index (κ3) is 4.39. The van der Waals surface area contributed by atoms with Crippen LogP contribution in [0.15, 0.2) is 16.3 Å². The Balaban J connectivity index is 0.00000196. The summed E-state index contributed by atoms with van der Waals surface area (Å²) in [5.41, 5.74) is 5.08. The molecule has 3 aliphatic rings. The number of carbonyl (C=O) groups excluding carboxylic acids is 1. The van der Waals surface area contributed by atoms with Gasteiger partial charge in [-0.25, -0.2) is 8.42 Å². The molecule has 1 heterocycles. The van der Waals surface area contributed by atoms with Gasteiger partial charge in [-0.2, -0.15) is 10.2 Å². The largest absolute Gasteiger partial charge is 1.00 e. The summed E-state index contributed by atoms with van der Waals surface area (Å²) in [5, 5.41) is 10.3. The summed E-state index contributed by atoms with van der Waals surface area (Å²) < 4.78 is 27.5. The number of rotatable bonds is 5. The van der Waals surface area contributed by atoms with Crippen molar-refractivity contribution in [1.29, 1.82) is 0 Å². The Morgan fingerprint density at radius 3 is 2.27 bits per heavy atom. The fraction of sp³-hybridized carbons (Fsp3) is 0.588. The van der Waals surface area contributed by atoms with Gasteiger partial charge in [0.15, 0.2) is 21.7 Å². The molecule has 0 unspecified atom stereocenters. The summed E-state index contributed by atoms with van der Waals surface area (Å²) in [6.45, 7) is 1.75. The molecule has 0 radical (unpaired) electrons. The topological polar surface area (TPSA) is 102 Å². The zero-order chi connectivity index (χ0) is 17.7. The Bertz CT molecular complexity index is 844. The maximum Gasteiger partial charge on any atom is 1.00 e. The standard InChI is InChI=1S/C17H22N4O3S.K/c1-17(20-21-17)8-9-25(23,24)19-16(22)18-15-13-6-2-4-11(13)10-12-5-3-7-14(12)15;/h10H,2-9H2,1H3,(H2,18,19,22);/q;+1/p-1. The van der Waals surface area contributed by atoms with Crippen molar-refractivity contribution in [1.82, 2.24) is 0 Å². The van der Waals surface area contributed by atoms with Gasteiger partial charge in [-0.3, -0.25) is 4.79 Å². The molecule has 2 amide bonds. The summed E-state index contributed by atoms with van der Waals surface area (Å²) in [6.07, 6.45) is 6.28. The molecule has 2 aliphatic carbocycles. The molecule has 0 atom stereocenters. The Kier molecular flexibility index (Phi) is 5.96. The molecule has 0 bridgehead atoms. The number of fused-ring (bicyclic) bond motifs is 2. The van der Waals surface area contributed by atoms with Gasteiger partial charge in [0, 0.05) is 6.42 Å². The van der Waals surface area contributed by atoms with Gasteiger partial charge in [0.05, 0.1) is 5.75 Å². The van der Waals surface area contributed by atoms with E-state index in [4.69, 9.17) is 0 Å². The van der Waals surface area contributed by atoms with Crippen molar-refractivity contribution in [3.63, 3.8) is 0 Å². The van der Waals surface area contributed by atoms with Crippen molar-refractivity contribution in [3.8, 4) is 0 Å². The van der Waals surface area contributed by atoms with Crippen LogP contribution in [0.3, 0.4) is 0 Å². The zero-order valence-corrected chi connectivity index (χ0v) is 19.1. The van der Waals surface area contributed by atoms with E-state index >= 15 is 0 Å². The first kappa shape index (κ1) is 20.4. The number of hydrogen-bond acceptors (Lipinski definition) is 5. The number of benzene rings is 1. The van der Waals surface area contributed by atoms with Gasteiger partial charge in [-0.15, -0.1) is 0 Å². The van der Waals surface area contributed by atoms with E-state index in [9.17, 15) is 13.2 Å². The van der Waals surface area contributed by atoms with Crippen LogP contribution in [-0.2, 0) is 35.7 Å². The number of sulfonamides is 1. The molecule has 9 heteroatoms. The molecule has 0 saturated carbocycles. The number of nitrogens with one attached hydrogen (secondary N) is 1. The molecular formula is C17H21KN4O3S. The van der Waals surface area contributed by atoms with E-state index in [1.807, 2.05) is 0 Å². The normalized spacial score (nSPS) is 18.7. The van der Waals surface area contributed by atoms with E-state index in [0.717, 1.165) is 55.3 Å². The molecule has 1 aromatic carbocycles. The van der Waals surface area contributed by atoms with E-state index in [0.29, 0.717) is 0 Å². The molecule has 134 valence electrons. The average Bonchev–Trinajstić information content (AvgIpc) is 2.96. The van der Waals surface area contributed by atoms with E-state index in [1.54, 1.807) is 6.92 Å². The van der Waals surface area contributed by atoms with E-state index in [1.165, 1.54) is 11.1 Å². The summed E-state index contributed by atoms with van der Waals surface area (Å²) in [5.74, 6) is -0.227. The van der Waals surface area contributed by atoms with Crippen molar-refractivity contribution >= 4 is 21.7 Å². The van der Waals surface area contributed by atoms with Gasteiger partial charge in [0.2, 0.25) is 0 Å². The summed E-state index contributed by atoms with van der Waals surface area (Å²) >= 11 is 0. The van der Waals surface area contributed by atoms with Crippen LogP contribution < -0.4 is 56.7 Å². The summed E-state index contributed by atoms with van der Waals surface area (Å²) in [4.78, 5) is 12.3. The van der Waals surface area contributed by atoms with Crippen molar-refractivity contribution in [2.24, 2.45) is 10.2 Å². The minimum atomic E-state index is -3.83. The van der Waals surface area contributed by atoms with Crippen molar-refractivity contribution < 1.29 is 64.6 Å². The first-order valence-corrected chi connectivity index (χ1v) is 10.3. The van der Waals surface area contributed by atoms with Crippen molar-refractivity contribution in [3.05, 3.63) is 33.0 Å². The van der Waals surface area contributed by atoms with Crippen LogP contribution >= 0.6 is 0 Å². The Labute approximate surface area is 196 Å². The number of urea groups is 1. The maximum atomic E-state index is 12.3. The molecular weight excluding hydrogens is 379 g/mol. The van der Waals surface area contributed by atoms with Crippen LogP contribution in [0.25, 0.3) is 4.72 Å². The van der Waals surface area contributed by atoms with Gasteiger partial charge >= 0.3 is 51.4 Å². The number of aryl methyl sites for hydroxylation is 2. The van der Waals surface area contributed by atoms with Crippen LogP contribution in [0.2, 0.25) is 0 Å². The fourth-order valence-electron chi connectivity index (χ4n) is 3.78. The zero-order valence-electron chi connectivity index (χ0n) is 15.2. The monoisotopic (exact) mass is 400 g/mol. The molecule has 1 aromatic rings. The molecule has 0 spiro atoms. The molecule has 26 heavy (non-hydrogen) atoms. The third-order valence-electron chi connectivity index (χ3n) is 5.20. The van der Waals surface area contributed by atoms with Crippen LogP contribution in [0.5, 0.6) is 0 Å². The molecule has 1 N–H and O–H groups in total. The Morgan fingerprint density at radius 1 is 1.15 bits per heavy atom. The number of anilines is 1. The Hall–Kier alpha value is -0.324. The maximum absolute atomic E-state index is 12.3. The van der Waals surface area contributed by atoms with Crippen LogP contribution in [0.4, 0.5) is 10.5 Å². The van der Waals surface area contributed by atoms with E-state index in [2.05, 4.69) is 26.3 Å². The summed E-state index contributed by atoms with van der Waals surface area (Å²) in [7, 11) is -3.83. The van der Waals surface area contributed by atoms with E-state index < -0.39 is 21.7 Å². The minimum absolute atomic E-state index is 0. The van der Waals surface area contributed by atoms with Crippen molar-refractivity contribution in [2.75, 3.05) is 11.1 Å². The van der Waals surface area contributed by atoms with Crippen LogP contribution in [0.1, 0.15) is 48.4 Å². The number of nitrogens with zero attached hydrogens (tertiary/aromatic N) is 3. The van der Waals surface area contributed by atoms with Gasteiger partial charge in [0.1, 0.15) is 0 Å². The van der Waals surface area contributed by atoms with Crippen LogP contribution in [-0.4, -0.2) is 25.9 Å². The smallest absolute Gasteiger partial charge is 0.423 e. The number of amides is 2. The number of carbonyl (C=O) groups is 1. The first-order valence-electron chi connectivity index (χ1n) is 8.72. The molecule has 0 fully saturated rings. The van der Waals surface area contributed by atoms with Gasteiger partial charge in [-0.05, 0) is 73.4 Å². The molecule has 1 aliphatic heterocycles. The molecule has 4 rings (SSSR count). The van der Waals surface area contributed by atoms with Crippen molar-refractivity contribution in [2.45, 2.75) is 57.5 Å². The second-order valence-electron chi connectivity index (χ2n) is 7.21. The third-order valence-corrected chi connectivity index (χ3v) is 6.37. The number of hydrogen-bond donors (Lipinski definition) is 1. The average molecular weight is 401 g/mol. The molecule has 0 saturated heterocycles. The first-order chi connectivity index (χ1) is 11.9. The quantitative estimate of drug-likeness (QED) is 0.727. The second kappa shape index (κ2) is 7.60. The fourth-order valence-corrected chi connectivity index (χ4v) is 4.81. The predicted molar refractivity (Wildman–Crippen MR) is 94.5 cm³/mol. The van der Waals surface area contributed by atoms with Gasteiger partial charge < -0.3 is 10.0 Å². The van der Waals surface area contributed by atoms with Crippen LogP contribution in [0, 0.1) is 0 Å². The molecule has 0 aromatic heterocycles. The van der Waals surface area contributed by atoms with E-state index in [-0.39, 0.29) is 63.6 Å². The summed E-state index contributed by atoms with van der Waals surface area (Å²) in [6, 6.07) is 1.46.